The molecule has 0 aliphatic heterocycles. The fourth-order valence-electron chi connectivity index (χ4n) is 3.84. The third-order valence-corrected chi connectivity index (χ3v) is 5.25. The van der Waals surface area contributed by atoms with Gasteiger partial charge in [0.05, 0.1) is 14.2 Å². The summed E-state index contributed by atoms with van der Waals surface area (Å²) in [7, 11) is 3.11. The van der Waals surface area contributed by atoms with E-state index in [0.29, 0.717) is 28.2 Å². The van der Waals surface area contributed by atoms with Gasteiger partial charge in [0.15, 0.2) is 5.60 Å². The highest BCUT2D eigenvalue weighted by Gasteiger charge is 2.40. The Hall–Kier alpha value is -3.50. The molecule has 2 N–H and O–H groups in total. The predicted octanol–water partition coefficient (Wildman–Crippen LogP) is 4.85. The topological polar surface area (TPSA) is 58.9 Å². The minimum atomic E-state index is -1.70. The molecule has 0 unspecified atom stereocenters. The van der Waals surface area contributed by atoms with E-state index >= 15 is 0 Å². The van der Waals surface area contributed by atoms with Crippen molar-refractivity contribution >= 4 is 10.8 Å². The molecule has 0 saturated carbocycles. The first-order chi connectivity index (χ1) is 14.1. The van der Waals surface area contributed by atoms with Gasteiger partial charge in [0, 0.05) is 16.7 Å². The van der Waals surface area contributed by atoms with Crippen molar-refractivity contribution in [3.05, 3.63) is 102 Å². The predicted molar refractivity (Wildman–Crippen MR) is 114 cm³/mol. The standard InChI is InChI=1S/C25H22O4/c1-28-23-13-7-5-11-19(23)25(27,20-12-6-8-14-24(20)29-2)21-15-17-9-3-4-10-18(17)16-22(21)26/h3-16,26-27H,1-2H3. The molecule has 0 aliphatic carbocycles. The Balaban J connectivity index is 2.11. The van der Waals surface area contributed by atoms with Crippen molar-refractivity contribution in [2.75, 3.05) is 14.2 Å². The third kappa shape index (κ3) is 3.08. The van der Waals surface area contributed by atoms with E-state index in [-0.39, 0.29) is 5.75 Å². The first-order valence-electron chi connectivity index (χ1n) is 9.31. The minimum Gasteiger partial charge on any atom is -0.508 e. The summed E-state index contributed by atoms with van der Waals surface area (Å²) in [6.45, 7) is 0. The first-order valence-corrected chi connectivity index (χ1v) is 9.31. The summed E-state index contributed by atoms with van der Waals surface area (Å²) in [6, 6.07) is 25.7. The van der Waals surface area contributed by atoms with E-state index in [1.54, 1.807) is 44.6 Å². The fourth-order valence-corrected chi connectivity index (χ4v) is 3.84. The number of phenols is 1. The van der Waals surface area contributed by atoms with Crippen LogP contribution >= 0.6 is 0 Å². The highest BCUT2D eigenvalue weighted by atomic mass is 16.5. The number of benzene rings is 4. The smallest absolute Gasteiger partial charge is 0.151 e. The molecule has 0 spiro atoms. The van der Waals surface area contributed by atoms with Gasteiger partial charge >= 0.3 is 0 Å². The van der Waals surface area contributed by atoms with Gasteiger partial charge in [0.1, 0.15) is 17.2 Å². The van der Waals surface area contributed by atoms with Crippen LogP contribution in [0.4, 0.5) is 0 Å². The monoisotopic (exact) mass is 386 g/mol. The van der Waals surface area contributed by atoms with E-state index in [0.717, 1.165) is 10.8 Å². The van der Waals surface area contributed by atoms with E-state index in [9.17, 15) is 10.2 Å². The van der Waals surface area contributed by atoms with Crippen molar-refractivity contribution in [2.45, 2.75) is 5.60 Å². The normalized spacial score (nSPS) is 11.4. The van der Waals surface area contributed by atoms with Crippen LogP contribution < -0.4 is 9.47 Å². The van der Waals surface area contributed by atoms with Crippen molar-refractivity contribution in [3.63, 3.8) is 0 Å². The van der Waals surface area contributed by atoms with Crippen LogP contribution in [0.15, 0.2) is 84.9 Å². The van der Waals surface area contributed by atoms with E-state index in [1.807, 2.05) is 54.6 Å². The van der Waals surface area contributed by atoms with Crippen molar-refractivity contribution in [2.24, 2.45) is 0 Å². The Kier molecular flexibility index (Phi) is 4.87. The molecule has 0 fully saturated rings. The van der Waals surface area contributed by atoms with Crippen LogP contribution in [0.1, 0.15) is 16.7 Å². The van der Waals surface area contributed by atoms with Crippen LogP contribution in [0.5, 0.6) is 17.2 Å². The maximum absolute atomic E-state index is 12.3. The summed E-state index contributed by atoms with van der Waals surface area (Å²) in [5, 5.41) is 25.0. The highest BCUT2D eigenvalue weighted by Crippen LogP contribution is 2.47. The molecule has 4 aromatic carbocycles. The van der Waals surface area contributed by atoms with E-state index in [2.05, 4.69) is 0 Å². The lowest BCUT2D eigenvalue weighted by atomic mass is 9.78. The number of aromatic hydroxyl groups is 1. The molecule has 0 amide bonds. The number of aliphatic hydroxyl groups is 1. The fraction of sp³-hybridized carbons (Fsp3) is 0.120. The first kappa shape index (κ1) is 18.8. The van der Waals surface area contributed by atoms with E-state index < -0.39 is 5.60 Å². The van der Waals surface area contributed by atoms with Crippen LogP contribution in [0, 0.1) is 0 Å². The number of rotatable bonds is 5. The third-order valence-electron chi connectivity index (χ3n) is 5.25. The quantitative estimate of drug-likeness (QED) is 0.482. The molecule has 29 heavy (non-hydrogen) atoms. The molecule has 0 bridgehead atoms. The number of phenolic OH excluding ortho intramolecular Hbond substituents is 1. The molecule has 0 aromatic heterocycles. The Labute approximate surface area is 169 Å². The van der Waals surface area contributed by atoms with E-state index in [1.165, 1.54) is 0 Å². The van der Waals surface area contributed by atoms with Gasteiger partial charge in [-0.3, -0.25) is 0 Å². The molecule has 146 valence electrons. The average molecular weight is 386 g/mol. The molecule has 0 aliphatic rings. The molecular formula is C25H22O4. The Morgan fingerprint density at radius 2 is 1.07 bits per heavy atom. The second kappa shape index (κ2) is 7.49. The SMILES string of the molecule is COc1ccccc1C(O)(c1cc2ccccc2cc1O)c1ccccc1OC. The van der Waals surface area contributed by atoms with E-state index in [4.69, 9.17) is 9.47 Å². The lowest BCUT2D eigenvalue weighted by Crippen LogP contribution is -2.30. The van der Waals surface area contributed by atoms with Crippen LogP contribution in [0.3, 0.4) is 0 Å². The molecular weight excluding hydrogens is 364 g/mol. The van der Waals surface area contributed by atoms with Crippen molar-refractivity contribution in [3.8, 4) is 17.2 Å². The lowest BCUT2D eigenvalue weighted by molar-refractivity contribution is 0.115. The number of ether oxygens (including phenoxy) is 2. The molecule has 0 atom stereocenters. The molecule has 0 radical (unpaired) electrons. The van der Waals surface area contributed by atoms with Crippen molar-refractivity contribution < 1.29 is 19.7 Å². The van der Waals surface area contributed by atoms with Gasteiger partial charge in [-0.05, 0) is 35.0 Å². The maximum atomic E-state index is 12.3. The number of methoxy groups -OCH3 is 2. The maximum Gasteiger partial charge on any atom is 0.151 e. The number of fused-ring (bicyclic) bond motifs is 1. The number of para-hydroxylation sites is 2. The Morgan fingerprint density at radius 3 is 1.59 bits per heavy atom. The van der Waals surface area contributed by atoms with Gasteiger partial charge in [-0.25, -0.2) is 0 Å². The molecule has 0 heterocycles. The Bertz CT molecular complexity index is 1120. The summed E-state index contributed by atoms with van der Waals surface area (Å²) in [5.74, 6) is 1.00. The van der Waals surface area contributed by atoms with Crippen LogP contribution in [-0.2, 0) is 5.60 Å². The number of hydrogen-bond acceptors (Lipinski definition) is 4. The lowest BCUT2D eigenvalue weighted by Gasteiger charge is -2.33. The van der Waals surface area contributed by atoms with Crippen molar-refractivity contribution in [1.82, 2.24) is 0 Å². The van der Waals surface area contributed by atoms with Crippen molar-refractivity contribution in [1.29, 1.82) is 0 Å². The highest BCUT2D eigenvalue weighted by molar-refractivity contribution is 5.86. The molecule has 4 rings (SSSR count). The minimum absolute atomic E-state index is 0.0111. The average Bonchev–Trinajstić information content (AvgIpc) is 2.78. The zero-order valence-corrected chi connectivity index (χ0v) is 16.3. The van der Waals surface area contributed by atoms with Gasteiger partial charge in [-0.2, -0.15) is 0 Å². The largest absolute Gasteiger partial charge is 0.508 e. The summed E-state index contributed by atoms with van der Waals surface area (Å²) >= 11 is 0. The second-order valence-corrected chi connectivity index (χ2v) is 6.83. The zero-order chi connectivity index (χ0) is 20.4. The Morgan fingerprint density at radius 1 is 0.621 bits per heavy atom. The summed E-state index contributed by atoms with van der Waals surface area (Å²) < 4.78 is 11.1. The van der Waals surface area contributed by atoms with Gasteiger partial charge in [-0.1, -0.05) is 60.7 Å². The molecule has 4 aromatic rings. The summed E-state index contributed by atoms with van der Waals surface area (Å²) in [6.07, 6.45) is 0. The van der Waals surface area contributed by atoms with Gasteiger partial charge in [0.25, 0.3) is 0 Å². The van der Waals surface area contributed by atoms with Gasteiger partial charge in [-0.15, -0.1) is 0 Å². The summed E-state index contributed by atoms with van der Waals surface area (Å²) in [4.78, 5) is 0. The molecule has 4 nitrogen and oxygen atoms in total. The van der Waals surface area contributed by atoms with Crippen LogP contribution in [0.2, 0.25) is 0 Å². The second-order valence-electron chi connectivity index (χ2n) is 6.83. The van der Waals surface area contributed by atoms with Gasteiger partial charge in [0.2, 0.25) is 0 Å². The molecule has 4 heteroatoms. The number of hydrogen-bond donors (Lipinski definition) is 2. The van der Waals surface area contributed by atoms with Gasteiger partial charge < -0.3 is 19.7 Å². The molecule has 0 saturated heterocycles. The van der Waals surface area contributed by atoms with Crippen LogP contribution in [-0.4, -0.2) is 24.4 Å². The van der Waals surface area contributed by atoms with Crippen LogP contribution in [0.25, 0.3) is 10.8 Å². The summed E-state index contributed by atoms with van der Waals surface area (Å²) in [5.41, 5.74) is -0.326. The zero-order valence-electron chi connectivity index (χ0n) is 16.3.